The Kier molecular flexibility index (Phi) is 10.2. The Morgan fingerprint density at radius 2 is 1.83 bits per heavy atom. The van der Waals surface area contributed by atoms with Crippen LogP contribution in [0.15, 0.2) is 24.3 Å². The molecule has 1 aliphatic rings. The molecule has 1 saturated carbocycles. The molecule has 1 amide bonds. The van der Waals surface area contributed by atoms with Gasteiger partial charge in [0.25, 0.3) is 5.91 Å². The van der Waals surface area contributed by atoms with Crippen LogP contribution in [0.4, 0.5) is 0 Å². The fourth-order valence-electron chi connectivity index (χ4n) is 5.00. The molecule has 1 unspecified atom stereocenters. The number of nitrogens with one attached hydrogen (secondary N) is 1. The van der Waals surface area contributed by atoms with E-state index in [1.807, 2.05) is 22.9 Å². The van der Waals surface area contributed by atoms with Crippen molar-refractivity contribution < 1.29 is 24.2 Å². The Hall–Kier alpha value is -3.03. The first kappa shape index (κ1) is 27.6. The van der Waals surface area contributed by atoms with Gasteiger partial charge in [-0.3, -0.25) is 14.3 Å². The largest absolute Gasteiger partial charge is 0.496 e. The van der Waals surface area contributed by atoms with Crippen molar-refractivity contribution in [2.24, 2.45) is 11.8 Å². The van der Waals surface area contributed by atoms with Gasteiger partial charge >= 0.3 is 5.97 Å². The molecule has 1 aromatic heterocycles. The predicted molar refractivity (Wildman–Crippen MR) is 140 cm³/mol. The first-order valence-electron chi connectivity index (χ1n) is 13.2. The van der Waals surface area contributed by atoms with E-state index < -0.39 is 12.0 Å². The van der Waals surface area contributed by atoms with Crippen molar-refractivity contribution in [1.29, 1.82) is 0 Å². The average molecular weight is 500 g/mol. The zero-order chi connectivity index (χ0) is 26.1. The van der Waals surface area contributed by atoms with Crippen LogP contribution in [-0.2, 0) is 11.3 Å². The summed E-state index contributed by atoms with van der Waals surface area (Å²) in [4.78, 5) is 24.8. The summed E-state index contributed by atoms with van der Waals surface area (Å²) in [6, 6.07) is 6.88. The van der Waals surface area contributed by atoms with Crippen LogP contribution in [0.25, 0.3) is 11.3 Å². The molecule has 0 bridgehead atoms. The van der Waals surface area contributed by atoms with Crippen molar-refractivity contribution in [2.45, 2.75) is 84.2 Å². The van der Waals surface area contributed by atoms with Crippen molar-refractivity contribution in [3.8, 4) is 22.8 Å². The minimum Gasteiger partial charge on any atom is -0.496 e. The number of amides is 1. The molecule has 36 heavy (non-hydrogen) atoms. The zero-order valence-electron chi connectivity index (χ0n) is 22.1. The number of carboxylic acid groups (broad SMARTS) is 1. The molecular formula is C28H41N3O5. The summed E-state index contributed by atoms with van der Waals surface area (Å²) < 4.78 is 13.0. The Bertz CT molecular complexity index is 990. The van der Waals surface area contributed by atoms with Crippen LogP contribution in [-0.4, -0.2) is 47.0 Å². The van der Waals surface area contributed by atoms with Crippen LogP contribution in [0.3, 0.4) is 0 Å². The molecule has 2 atom stereocenters. The number of hydrogen-bond donors (Lipinski definition) is 2. The van der Waals surface area contributed by atoms with E-state index in [4.69, 9.17) is 9.47 Å². The van der Waals surface area contributed by atoms with E-state index in [1.165, 1.54) is 32.1 Å². The van der Waals surface area contributed by atoms with Gasteiger partial charge in [-0.05, 0) is 42.9 Å². The number of hydrogen-bond acceptors (Lipinski definition) is 5. The molecule has 1 fully saturated rings. The first-order valence-corrected chi connectivity index (χ1v) is 13.2. The van der Waals surface area contributed by atoms with Gasteiger partial charge in [0.1, 0.15) is 11.5 Å². The Balaban J connectivity index is 1.87. The molecule has 0 radical (unpaired) electrons. The van der Waals surface area contributed by atoms with E-state index in [2.05, 4.69) is 24.3 Å². The molecule has 1 aliphatic carbocycles. The third kappa shape index (κ3) is 7.24. The Labute approximate surface area is 214 Å². The van der Waals surface area contributed by atoms with Crippen molar-refractivity contribution in [1.82, 2.24) is 15.1 Å². The number of carbonyl (C=O) groups excluding carboxylic acids is 1. The number of benzene rings is 1. The maximum absolute atomic E-state index is 13.3. The summed E-state index contributed by atoms with van der Waals surface area (Å²) in [5.74, 6) is 0.945. The highest BCUT2D eigenvalue weighted by atomic mass is 16.5. The third-order valence-corrected chi connectivity index (χ3v) is 7.28. The lowest BCUT2D eigenvalue weighted by molar-refractivity contribution is -0.137. The van der Waals surface area contributed by atoms with E-state index in [9.17, 15) is 14.7 Å². The van der Waals surface area contributed by atoms with E-state index in [1.54, 1.807) is 20.3 Å². The van der Waals surface area contributed by atoms with Crippen LogP contribution in [0.5, 0.6) is 11.5 Å². The lowest BCUT2D eigenvalue weighted by Crippen LogP contribution is -2.37. The van der Waals surface area contributed by atoms with Crippen molar-refractivity contribution in [2.75, 3.05) is 14.2 Å². The second kappa shape index (κ2) is 13.3. The number of nitrogens with zero attached hydrogens (tertiary/aromatic N) is 2. The number of aromatic nitrogens is 2. The molecular weight excluding hydrogens is 458 g/mol. The van der Waals surface area contributed by atoms with E-state index in [-0.39, 0.29) is 18.0 Å². The summed E-state index contributed by atoms with van der Waals surface area (Å²) in [6.07, 6.45) is 8.60. The van der Waals surface area contributed by atoms with Crippen molar-refractivity contribution in [3.05, 3.63) is 30.0 Å². The molecule has 8 heteroatoms. The molecule has 0 spiro atoms. The van der Waals surface area contributed by atoms with Gasteiger partial charge in [-0.25, -0.2) is 0 Å². The molecule has 198 valence electrons. The molecule has 2 N–H and O–H groups in total. The van der Waals surface area contributed by atoms with Gasteiger partial charge in [-0.15, -0.1) is 0 Å². The highest BCUT2D eigenvalue weighted by molar-refractivity contribution is 5.94. The Morgan fingerprint density at radius 3 is 2.42 bits per heavy atom. The maximum atomic E-state index is 13.3. The number of ether oxygens (including phenoxy) is 2. The standard InChI is InChI=1S/C28H41N3O5/c1-5-19(2)18-31-23(27-24(35-3)12-9-13-25(27)36-4)17-22(30-31)28(34)29-21(16-26(32)33)15-14-20-10-7-6-8-11-20/h9,12-13,17,19-21H,5-8,10-11,14-16,18H2,1-4H3,(H,29,34)(H,32,33)/t19?,21-/m0/s1. The SMILES string of the molecule is CCC(C)Cn1nc(C(=O)N[C@@H](CCC2CCCCC2)CC(=O)O)cc1-c1c(OC)cccc1OC. The van der Waals surface area contributed by atoms with Gasteiger partial charge in [-0.2, -0.15) is 5.10 Å². The molecule has 1 heterocycles. The lowest BCUT2D eigenvalue weighted by atomic mass is 9.85. The van der Waals surface area contributed by atoms with Crippen molar-refractivity contribution >= 4 is 11.9 Å². The topological polar surface area (TPSA) is 103 Å². The van der Waals surface area contributed by atoms with Gasteiger partial charge in [0.2, 0.25) is 0 Å². The number of carboxylic acids is 1. The molecule has 2 aromatic rings. The molecule has 0 saturated heterocycles. The number of carbonyl (C=O) groups is 2. The maximum Gasteiger partial charge on any atom is 0.305 e. The first-order chi connectivity index (χ1) is 17.4. The monoisotopic (exact) mass is 499 g/mol. The van der Waals surface area contributed by atoms with Gasteiger partial charge in [-0.1, -0.05) is 58.4 Å². The minimum absolute atomic E-state index is 0.0980. The third-order valence-electron chi connectivity index (χ3n) is 7.28. The summed E-state index contributed by atoms with van der Waals surface area (Å²) in [6.45, 7) is 4.88. The number of aliphatic carboxylic acids is 1. The van der Waals surface area contributed by atoms with Crippen molar-refractivity contribution in [3.63, 3.8) is 0 Å². The van der Waals surface area contributed by atoms with Crippen LogP contribution in [0.2, 0.25) is 0 Å². The average Bonchev–Trinajstić information content (AvgIpc) is 3.30. The molecule has 0 aliphatic heterocycles. The van der Waals surface area contributed by atoms with Crippen LogP contribution >= 0.6 is 0 Å². The van der Waals surface area contributed by atoms with E-state index in [0.29, 0.717) is 36.3 Å². The fraction of sp³-hybridized carbons (Fsp3) is 0.607. The minimum atomic E-state index is -0.911. The van der Waals surface area contributed by atoms with Crippen LogP contribution in [0.1, 0.15) is 82.1 Å². The summed E-state index contributed by atoms with van der Waals surface area (Å²) in [5, 5.41) is 17.1. The zero-order valence-corrected chi connectivity index (χ0v) is 22.1. The molecule has 1 aromatic carbocycles. The number of rotatable bonds is 13. The van der Waals surface area contributed by atoms with E-state index in [0.717, 1.165) is 24.1 Å². The molecule has 3 rings (SSSR count). The smallest absolute Gasteiger partial charge is 0.305 e. The summed E-state index contributed by atoms with van der Waals surface area (Å²) in [7, 11) is 3.20. The van der Waals surface area contributed by atoms with Gasteiger partial charge in [0, 0.05) is 12.6 Å². The Morgan fingerprint density at radius 1 is 1.17 bits per heavy atom. The molecule has 8 nitrogen and oxygen atoms in total. The predicted octanol–water partition coefficient (Wildman–Crippen LogP) is 5.55. The summed E-state index contributed by atoms with van der Waals surface area (Å²) in [5.41, 5.74) is 1.72. The van der Waals surface area contributed by atoms with Crippen LogP contribution in [0, 0.1) is 11.8 Å². The number of methoxy groups -OCH3 is 2. The quantitative estimate of drug-likeness (QED) is 0.375. The van der Waals surface area contributed by atoms with Gasteiger partial charge < -0.3 is 19.9 Å². The summed E-state index contributed by atoms with van der Waals surface area (Å²) >= 11 is 0. The van der Waals surface area contributed by atoms with Gasteiger partial charge in [0.05, 0.1) is 31.9 Å². The second-order valence-corrected chi connectivity index (χ2v) is 10.00. The second-order valence-electron chi connectivity index (χ2n) is 10.00. The van der Waals surface area contributed by atoms with Gasteiger partial charge in [0.15, 0.2) is 5.69 Å². The normalized spacial score (nSPS) is 15.8. The highest BCUT2D eigenvalue weighted by Crippen LogP contribution is 2.39. The lowest BCUT2D eigenvalue weighted by Gasteiger charge is -2.24. The van der Waals surface area contributed by atoms with Crippen LogP contribution < -0.4 is 14.8 Å². The fourth-order valence-corrected chi connectivity index (χ4v) is 5.00. The van der Waals surface area contributed by atoms with E-state index >= 15 is 0 Å². The highest BCUT2D eigenvalue weighted by Gasteiger charge is 2.25.